The van der Waals surface area contributed by atoms with E-state index in [4.69, 9.17) is 9.47 Å². The Morgan fingerprint density at radius 1 is 1.19 bits per heavy atom. The highest BCUT2D eigenvalue weighted by Gasteiger charge is 2.33. The summed E-state index contributed by atoms with van der Waals surface area (Å²) >= 11 is 0. The van der Waals surface area contributed by atoms with Gasteiger partial charge < -0.3 is 14.5 Å². The van der Waals surface area contributed by atoms with Crippen molar-refractivity contribution < 1.29 is 23.9 Å². The molecule has 3 atom stereocenters. The lowest BCUT2D eigenvalue weighted by molar-refractivity contribution is -0.159. The van der Waals surface area contributed by atoms with Gasteiger partial charge in [0.25, 0.3) is 0 Å². The molecule has 1 aliphatic rings. The molecule has 0 spiro atoms. The topological polar surface area (TPSA) is 85.5 Å². The van der Waals surface area contributed by atoms with E-state index in [1.165, 1.54) is 6.92 Å². The number of hydrogen-bond acceptors (Lipinski definition) is 5. The van der Waals surface area contributed by atoms with Gasteiger partial charge in [0, 0.05) is 11.3 Å². The summed E-state index contributed by atoms with van der Waals surface area (Å²) in [5, 5.41) is 0. The largest absolute Gasteiger partial charge is 0.460 e. The molecule has 1 aromatic rings. The van der Waals surface area contributed by atoms with Crippen LogP contribution in [0.1, 0.15) is 79.1 Å². The number of Topliss-reactive ketones (excluding diaryl/α,β-unsaturated/α-hetero) is 1. The number of aromatic amines is 1. The van der Waals surface area contributed by atoms with Crippen LogP contribution in [-0.4, -0.2) is 35.4 Å². The molecule has 1 aromatic heterocycles. The predicted octanol–water partition coefficient (Wildman–Crippen LogP) is 3.99. The summed E-state index contributed by atoms with van der Waals surface area (Å²) < 4.78 is 10.8. The van der Waals surface area contributed by atoms with E-state index in [9.17, 15) is 14.4 Å². The molecule has 0 saturated heterocycles. The average molecular weight is 377 g/mol. The number of hydrogen-bond donors (Lipinski definition) is 1. The van der Waals surface area contributed by atoms with Crippen LogP contribution < -0.4 is 0 Å². The highest BCUT2D eigenvalue weighted by molar-refractivity contribution is 6.01. The predicted molar refractivity (Wildman–Crippen MR) is 102 cm³/mol. The number of carbonyl (C=O) groups excluding carboxylic acids is 3. The Labute approximate surface area is 161 Å². The van der Waals surface area contributed by atoms with Crippen LogP contribution in [0, 0.1) is 31.6 Å². The van der Waals surface area contributed by atoms with Gasteiger partial charge in [-0.05, 0) is 56.9 Å². The number of esters is 2. The van der Waals surface area contributed by atoms with Crippen LogP contribution in [0.3, 0.4) is 0 Å². The van der Waals surface area contributed by atoms with Gasteiger partial charge >= 0.3 is 11.9 Å². The number of rotatable bonds is 6. The molecule has 0 amide bonds. The van der Waals surface area contributed by atoms with Crippen molar-refractivity contribution in [1.29, 1.82) is 0 Å². The highest BCUT2D eigenvalue weighted by atomic mass is 16.6. The van der Waals surface area contributed by atoms with E-state index in [0.29, 0.717) is 34.6 Å². The fraction of sp³-hybridized carbons (Fsp3) is 0.667. The molecule has 6 nitrogen and oxygen atoms in total. The van der Waals surface area contributed by atoms with Crippen LogP contribution in [0.15, 0.2) is 0 Å². The van der Waals surface area contributed by atoms with Gasteiger partial charge in [-0.15, -0.1) is 0 Å². The third-order valence-electron chi connectivity index (χ3n) is 5.56. The number of aromatic nitrogens is 1. The summed E-state index contributed by atoms with van der Waals surface area (Å²) in [5.74, 6) is -0.00119. The van der Waals surface area contributed by atoms with E-state index < -0.39 is 18.5 Å². The van der Waals surface area contributed by atoms with Crippen molar-refractivity contribution in [3.63, 3.8) is 0 Å². The van der Waals surface area contributed by atoms with E-state index in [2.05, 4.69) is 25.8 Å². The van der Waals surface area contributed by atoms with Crippen molar-refractivity contribution in [2.24, 2.45) is 17.8 Å². The number of ether oxygens (including phenoxy) is 2. The summed E-state index contributed by atoms with van der Waals surface area (Å²) in [6.07, 6.45) is 2.92. The first-order valence-corrected chi connectivity index (χ1v) is 9.68. The lowest BCUT2D eigenvalue weighted by Gasteiger charge is -2.36. The molecular weight excluding hydrogens is 346 g/mol. The van der Waals surface area contributed by atoms with Crippen LogP contribution in [0.4, 0.5) is 0 Å². The van der Waals surface area contributed by atoms with Crippen LogP contribution in [0.2, 0.25) is 0 Å². The molecule has 0 bridgehead atoms. The normalized spacial score (nSPS) is 22.6. The van der Waals surface area contributed by atoms with E-state index >= 15 is 0 Å². The Balaban J connectivity index is 1.96. The van der Waals surface area contributed by atoms with E-state index in [-0.39, 0.29) is 17.6 Å². The Morgan fingerprint density at radius 3 is 2.41 bits per heavy atom. The van der Waals surface area contributed by atoms with E-state index in [1.807, 2.05) is 0 Å². The fourth-order valence-electron chi connectivity index (χ4n) is 4.13. The molecule has 0 unspecified atom stereocenters. The Morgan fingerprint density at radius 2 is 1.85 bits per heavy atom. The van der Waals surface area contributed by atoms with Crippen molar-refractivity contribution >= 4 is 17.7 Å². The third-order valence-corrected chi connectivity index (χ3v) is 5.56. The monoisotopic (exact) mass is 377 g/mol. The highest BCUT2D eigenvalue weighted by Crippen LogP contribution is 2.35. The minimum absolute atomic E-state index is 0.120. The smallest absolute Gasteiger partial charge is 0.355 e. The second-order valence-corrected chi connectivity index (χ2v) is 8.11. The molecule has 1 heterocycles. The first kappa shape index (κ1) is 21.2. The molecule has 27 heavy (non-hydrogen) atoms. The maximum atomic E-state index is 12.3. The zero-order valence-electron chi connectivity index (χ0n) is 17.2. The molecular formula is C21H31NO5. The SMILES string of the molecule is CC(=O)c1c(C)[nH]c(C(=O)OCC(=O)O[C@@H]2C[C@@H](C)CC[C@H]2C(C)C)c1C. The van der Waals surface area contributed by atoms with E-state index in [0.717, 1.165) is 19.3 Å². The van der Waals surface area contributed by atoms with Gasteiger partial charge in [-0.2, -0.15) is 0 Å². The fourth-order valence-corrected chi connectivity index (χ4v) is 4.13. The molecule has 1 N–H and O–H groups in total. The summed E-state index contributed by atoms with van der Waals surface area (Å²) in [5.41, 5.74) is 1.85. The molecule has 2 rings (SSSR count). The first-order chi connectivity index (χ1) is 12.6. The van der Waals surface area contributed by atoms with Gasteiger partial charge in [0.2, 0.25) is 0 Å². The van der Waals surface area contributed by atoms with Gasteiger partial charge in [0.05, 0.1) is 0 Å². The Hall–Kier alpha value is -2.11. The molecule has 6 heteroatoms. The quantitative estimate of drug-likeness (QED) is 0.598. The molecule has 0 aliphatic heterocycles. The first-order valence-electron chi connectivity index (χ1n) is 9.68. The number of carbonyl (C=O) groups is 3. The van der Waals surface area contributed by atoms with Crippen molar-refractivity contribution in [3.05, 3.63) is 22.5 Å². The second-order valence-electron chi connectivity index (χ2n) is 8.11. The maximum Gasteiger partial charge on any atom is 0.355 e. The molecule has 1 saturated carbocycles. The number of aryl methyl sites for hydroxylation is 1. The minimum Gasteiger partial charge on any atom is -0.460 e. The molecule has 0 radical (unpaired) electrons. The second kappa shape index (κ2) is 8.72. The number of H-pyrrole nitrogens is 1. The molecule has 150 valence electrons. The zero-order chi connectivity index (χ0) is 20.3. The molecule has 1 fully saturated rings. The number of ketones is 1. The van der Waals surface area contributed by atoms with Crippen LogP contribution in [0.25, 0.3) is 0 Å². The van der Waals surface area contributed by atoms with Crippen molar-refractivity contribution in [3.8, 4) is 0 Å². The molecule has 0 aromatic carbocycles. The zero-order valence-corrected chi connectivity index (χ0v) is 17.2. The van der Waals surface area contributed by atoms with Crippen LogP contribution in [0.5, 0.6) is 0 Å². The van der Waals surface area contributed by atoms with Crippen LogP contribution in [-0.2, 0) is 14.3 Å². The average Bonchev–Trinajstić information content (AvgIpc) is 2.87. The van der Waals surface area contributed by atoms with Crippen molar-refractivity contribution in [1.82, 2.24) is 4.98 Å². The summed E-state index contributed by atoms with van der Waals surface area (Å²) in [6.45, 7) is 10.9. The third kappa shape index (κ3) is 4.99. The standard InChI is InChI=1S/C21H31NO5/c1-11(2)16-8-7-12(3)9-17(16)27-18(24)10-26-21(25)20-13(4)19(15(6)23)14(5)22-20/h11-12,16-17,22H,7-10H2,1-6H3/t12-,16-,17+/m0/s1. The summed E-state index contributed by atoms with van der Waals surface area (Å²) in [6, 6.07) is 0. The van der Waals surface area contributed by atoms with Crippen LogP contribution >= 0.6 is 0 Å². The van der Waals surface area contributed by atoms with Gasteiger partial charge in [0.15, 0.2) is 12.4 Å². The van der Waals surface area contributed by atoms with Crippen molar-refractivity contribution in [2.75, 3.05) is 6.61 Å². The van der Waals surface area contributed by atoms with E-state index in [1.54, 1.807) is 13.8 Å². The maximum absolute atomic E-state index is 12.3. The van der Waals surface area contributed by atoms with Gasteiger partial charge in [-0.1, -0.05) is 27.2 Å². The molecule has 1 aliphatic carbocycles. The van der Waals surface area contributed by atoms with Gasteiger partial charge in [0.1, 0.15) is 11.8 Å². The van der Waals surface area contributed by atoms with Gasteiger partial charge in [-0.3, -0.25) is 4.79 Å². The Bertz CT molecular complexity index is 718. The summed E-state index contributed by atoms with van der Waals surface area (Å²) in [4.78, 5) is 39.1. The number of nitrogens with one attached hydrogen (secondary N) is 1. The lowest BCUT2D eigenvalue weighted by Crippen LogP contribution is -2.36. The van der Waals surface area contributed by atoms with Gasteiger partial charge in [-0.25, -0.2) is 9.59 Å². The lowest BCUT2D eigenvalue weighted by atomic mass is 9.75. The minimum atomic E-state index is -0.655. The Kier molecular flexibility index (Phi) is 6.84. The van der Waals surface area contributed by atoms with Crippen molar-refractivity contribution in [2.45, 2.75) is 66.9 Å². The summed E-state index contributed by atoms with van der Waals surface area (Å²) in [7, 11) is 0.